The molecule has 0 spiro atoms. The molecule has 0 atom stereocenters. The number of hydrogen-bond donors (Lipinski definition) is 1. The summed E-state index contributed by atoms with van der Waals surface area (Å²) >= 11 is 0. The second-order valence-electron chi connectivity index (χ2n) is 6.34. The van der Waals surface area contributed by atoms with Gasteiger partial charge in [0.15, 0.2) is 11.5 Å². The maximum absolute atomic E-state index is 12.2. The van der Waals surface area contributed by atoms with Gasteiger partial charge in [0.05, 0.1) is 17.4 Å². The van der Waals surface area contributed by atoms with Crippen LogP contribution in [0.5, 0.6) is 0 Å². The van der Waals surface area contributed by atoms with E-state index in [0.29, 0.717) is 5.82 Å². The molecule has 3 aromatic rings. The normalized spacial score (nSPS) is 11.3. The molecule has 0 unspecified atom stereocenters. The van der Waals surface area contributed by atoms with Crippen molar-refractivity contribution in [2.24, 2.45) is 0 Å². The Hall–Kier alpha value is -3.09. The lowest BCUT2D eigenvalue weighted by atomic mass is 10.1. The van der Waals surface area contributed by atoms with Gasteiger partial charge in [-0.1, -0.05) is 35.5 Å². The van der Waals surface area contributed by atoms with Crippen LogP contribution < -0.4 is 5.32 Å². The van der Waals surface area contributed by atoms with E-state index in [4.69, 9.17) is 0 Å². The van der Waals surface area contributed by atoms with E-state index >= 15 is 0 Å². The van der Waals surface area contributed by atoms with Crippen molar-refractivity contribution in [1.29, 1.82) is 0 Å². The summed E-state index contributed by atoms with van der Waals surface area (Å²) in [5.41, 5.74) is 1.71. The Morgan fingerprint density at radius 2 is 1.75 bits per heavy atom. The van der Waals surface area contributed by atoms with Crippen LogP contribution in [0, 0.1) is 0 Å². The minimum Gasteiger partial charge on any atom is -0.304 e. The van der Waals surface area contributed by atoms with Gasteiger partial charge < -0.3 is 5.32 Å². The minimum atomic E-state index is -0.368. The molecule has 0 aliphatic heterocycles. The zero-order valence-electron chi connectivity index (χ0n) is 13.8. The number of amides is 1. The summed E-state index contributed by atoms with van der Waals surface area (Å²) in [6.07, 6.45) is 1.61. The zero-order chi connectivity index (χ0) is 17.2. The highest BCUT2D eigenvalue weighted by molar-refractivity contribution is 6.02. The van der Waals surface area contributed by atoms with Crippen LogP contribution >= 0.6 is 0 Å². The third-order valence-electron chi connectivity index (χ3n) is 3.39. The van der Waals surface area contributed by atoms with Crippen LogP contribution in [0.1, 0.15) is 31.3 Å². The van der Waals surface area contributed by atoms with E-state index in [-0.39, 0.29) is 17.1 Å². The molecule has 1 N–H and O–H groups in total. The van der Waals surface area contributed by atoms with Gasteiger partial charge in [0.2, 0.25) is 0 Å². The molecule has 1 aromatic carbocycles. The summed E-state index contributed by atoms with van der Waals surface area (Å²) in [4.78, 5) is 12.2. The summed E-state index contributed by atoms with van der Waals surface area (Å²) < 4.78 is 1.64. The Morgan fingerprint density at radius 1 is 1.00 bits per heavy atom. The highest BCUT2D eigenvalue weighted by Crippen LogP contribution is 2.17. The number of nitrogens with zero attached hydrogens (tertiary/aromatic N) is 5. The molecule has 3 rings (SSSR count). The third-order valence-corrected chi connectivity index (χ3v) is 3.39. The highest BCUT2D eigenvalue weighted by atomic mass is 16.2. The van der Waals surface area contributed by atoms with E-state index in [2.05, 4.69) is 25.8 Å². The van der Waals surface area contributed by atoms with Crippen molar-refractivity contribution in [3.05, 3.63) is 54.4 Å². The van der Waals surface area contributed by atoms with Gasteiger partial charge in [0, 0.05) is 5.56 Å². The lowest BCUT2D eigenvalue weighted by molar-refractivity contribution is 0.102. The van der Waals surface area contributed by atoms with Gasteiger partial charge in [-0.2, -0.15) is 0 Å². The van der Waals surface area contributed by atoms with E-state index in [9.17, 15) is 4.79 Å². The fourth-order valence-corrected chi connectivity index (χ4v) is 2.04. The maximum atomic E-state index is 12.2. The fourth-order valence-electron chi connectivity index (χ4n) is 2.04. The third kappa shape index (κ3) is 3.45. The molecule has 7 heteroatoms. The second-order valence-corrected chi connectivity index (χ2v) is 6.34. The summed E-state index contributed by atoms with van der Waals surface area (Å²) in [6, 6.07) is 13.2. The Morgan fingerprint density at radius 3 is 2.33 bits per heavy atom. The first-order valence-electron chi connectivity index (χ1n) is 7.57. The van der Waals surface area contributed by atoms with Gasteiger partial charge in [-0.3, -0.25) is 4.79 Å². The van der Waals surface area contributed by atoms with E-state index < -0.39 is 0 Å². The van der Waals surface area contributed by atoms with Gasteiger partial charge in [0.25, 0.3) is 5.91 Å². The van der Waals surface area contributed by atoms with Gasteiger partial charge in [-0.05, 0) is 32.9 Å². The standard InChI is InChI=1S/C17H18N6O/c1-17(2,3)23-11-14(20-22-23)16(24)18-15-10-9-13(19-21-15)12-7-5-4-6-8-12/h4-11H,1-3H3,(H,18,21,24). The second kappa shape index (κ2) is 6.19. The largest absolute Gasteiger partial charge is 0.304 e. The average molecular weight is 322 g/mol. The Labute approximate surface area is 139 Å². The van der Waals surface area contributed by atoms with Crippen molar-refractivity contribution in [3.8, 4) is 11.3 Å². The molecule has 0 fully saturated rings. The van der Waals surface area contributed by atoms with Crippen LogP contribution in [0.4, 0.5) is 5.82 Å². The summed E-state index contributed by atoms with van der Waals surface area (Å²) in [7, 11) is 0. The molecule has 2 heterocycles. The number of carbonyl (C=O) groups excluding carboxylic acids is 1. The molecule has 7 nitrogen and oxygen atoms in total. The first kappa shape index (κ1) is 15.8. The lowest BCUT2D eigenvalue weighted by Gasteiger charge is -2.17. The quantitative estimate of drug-likeness (QED) is 0.801. The average Bonchev–Trinajstić information content (AvgIpc) is 3.07. The monoisotopic (exact) mass is 322 g/mol. The van der Waals surface area contributed by atoms with Crippen LogP contribution in [0.3, 0.4) is 0 Å². The van der Waals surface area contributed by atoms with Gasteiger partial charge in [0.1, 0.15) is 0 Å². The number of benzene rings is 1. The first-order chi connectivity index (χ1) is 11.4. The van der Waals surface area contributed by atoms with E-state index in [1.165, 1.54) is 0 Å². The fraction of sp³-hybridized carbons (Fsp3) is 0.235. The number of rotatable bonds is 3. The molecule has 0 bridgehead atoms. The predicted molar refractivity (Wildman–Crippen MR) is 90.4 cm³/mol. The molecule has 122 valence electrons. The molecular formula is C17H18N6O. The molecule has 1 amide bonds. The predicted octanol–water partition coefficient (Wildman–Crippen LogP) is 2.74. The van der Waals surface area contributed by atoms with Gasteiger partial charge in [-0.15, -0.1) is 15.3 Å². The Balaban J connectivity index is 1.72. The molecular weight excluding hydrogens is 304 g/mol. The highest BCUT2D eigenvalue weighted by Gasteiger charge is 2.18. The van der Waals surface area contributed by atoms with Gasteiger partial charge >= 0.3 is 0 Å². The molecule has 0 radical (unpaired) electrons. The molecule has 24 heavy (non-hydrogen) atoms. The van der Waals surface area contributed by atoms with Crippen molar-refractivity contribution in [2.45, 2.75) is 26.3 Å². The Bertz CT molecular complexity index is 834. The number of nitrogens with one attached hydrogen (secondary N) is 1. The van der Waals surface area contributed by atoms with Crippen LogP contribution in [0.15, 0.2) is 48.7 Å². The number of carbonyl (C=O) groups is 1. The Kier molecular flexibility index (Phi) is 4.07. The maximum Gasteiger partial charge on any atom is 0.279 e. The van der Waals surface area contributed by atoms with Crippen molar-refractivity contribution >= 4 is 11.7 Å². The molecule has 2 aromatic heterocycles. The first-order valence-corrected chi connectivity index (χ1v) is 7.57. The molecule has 0 aliphatic carbocycles. The number of hydrogen-bond acceptors (Lipinski definition) is 5. The minimum absolute atomic E-state index is 0.233. The number of anilines is 1. The molecule has 0 aliphatic rings. The van der Waals surface area contributed by atoms with Crippen molar-refractivity contribution in [2.75, 3.05) is 5.32 Å². The van der Waals surface area contributed by atoms with Crippen molar-refractivity contribution in [3.63, 3.8) is 0 Å². The van der Waals surface area contributed by atoms with Crippen LogP contribution in [0.25, 0.3) is 11.3 Å². The summed E-state index contributed by atoms with van der Waals surface area (Å²) in [5.74, 6) is -0.00255. The topological polar surface area (TPSA) is 85.6 Å². The smallest absolute Gasteiger partial charge is 0.279 e. The zero-order valence-corrected chi connectivity index (χ0v) is 13.8. The van der Waals surface area contributed by atoms with Crippen LogP contribution in [-0.4, -0.2) is 31.1 Å². The summed E-state index contributed by atoms with van der Waals surface area (Å²) in [5, 5.41) is 18.7. The van der Waals surface area contributed by atoms with E-state index in [1.807, 2.05) is 57.2 Å². The molecule has 0 saturated carbocycles. The number of aromatic nitrogens is 5. The van der Waals surface area contributed by atoms with Gasteiger partial charge in [-0.25, -0.2) is 4.68 Å². The lowest BCUT2D eigenvalue weighted by Crippen LogP contribution is -2.22. The SMILES string of the molecule is CC(C)(C)n1cc(C(=O)Nc2ccc(-c3ccccc3)nn2)nn1. The van der Waals surface area contributed by atoms with Crippen molar-refractivity contribution in [1.82, 2.24) is 25.2 Å². The van der Waals surface area contributed by atoms with E-state index in [0.717, 1.165) is 11.3 Å². The van der Waals surface area contributed by atoms with Crippen LogP contribution in [0.2, 0.25) is 0 Å². The molecule has 0 saturated heterocycles. The van der Waals surface area contributed by atoms with Crippen LogP contribution in [-0.2, 0) is 5.54 Å². The van der Waals surface area contributed by atoms with Crippen molar-refractivity contribution < 1.29 is 4.79 Å². The van der Waals surface area contributed by atoms with E-state index in [1.54, 1.807) is 16.9 Å². The summed E-state index contributed by atoms with van der Waals surface area (Å²) in [6.45, 7) is 5.95.